The summed E-state index contributed by atoms with van der Waals surface area (Å²) in [5.41, 5.74) is 3.25. The Morgan fingerprint density at radius 1 is 1.16 bits per heavy atom. The molecule has 0 bridgehead atoms. The normalized spacial score (nSPS) is 18.1. The zero-order valence-electron chi connectivity index (χ0n) is 17.1. The Morgan fingerprint density at radius 3 is 2.56 bits per heavy atom. The summed E-state index contributed by atoms with van der Waals surface area (Å²) in [4.78, 5) is 36.5. The smallest absolute Gasteiger partial charge is 0.301 e. The molecule has 7 nitrogen and oxygen atoms in total. The second-order valence-electron chi connectivity index (χ2n) is 7.47. The fourth-order valence-corrected chi connectivity index (χ4v) is 4.93. The van der Waals surface area contributed by atoms with Gasteiger partial charge >= 0.3 is 5.91 Å². The van der Waals surface area contributed by atoms with E-state index >= 15 is 0 Å². The Labute approximate surface area is 195 Å². The number of aliphatic hydroxyl groups is 1. The highest BCUT2D eigenvalue weighted by Crippen LogP contribution is 2.43. The number of aliphatic hydroxyl groups excluding tert-OH is 1. The van der Waals surface area contributed by atoms with Crippen LogP contribution in [0.15, 0.2) is 64.2 Å². The third kappa shape index (κ3) is 3.08. The van der Waals surface area contributed by atoms with Crippen molar-refractivity contribution in [3.05, 3.63) is 86.7 Å². The quantitative estimate of drug-likeness (QED) is 0.244. The van der Waals surface area contributed by atoms with Gasteiger partial charge in [-0.25, -0.2) is 9.97 Å². The fraction of sp³-hybridized carbons (Fsp3) is 0.130. The SMILES string of the molecule is Cc1cccn2c(C)c(C(O)=C3C(=O)C(=O)N(c4nccs4)C3c3ccc(Br)cc3)nc12. The topological polar surface area (TPSA) is 87.8 Å². The van der Waals surface area contributed by atoms with E-state index in [9.17, 15) is 14.7 Å². The van der Waals surface area contributed by atoms with Crippen molar-refractivity contribution in [2.45, 2.75) is 19.9 Å². The average molecular weight is 509 g/mol. The highest BCUT2D eigenvalue weighted by molar-refractivity contribution is 9.10. The highest BCUT2D eigenvalue weighted by atomic mass is 79.9. The molecule has 4 aromatic rings. The van der Waals surface area contributed by atoms with Crippen LogP contribution < -0.4 is 4.90 Å². The summed E-state index contributed by atoms with van der Waals surface area (Å²) >= 11 is 4.67. The number of aromatic nitrogens is 3. The van der Waals surface area contributed by atoms with Crippen molar-refractivity contribution < 1.29 is 14.7 Å². The second-order valence-corrected chi connectivity index (χ2v) is 9.25. The zero-order valence-corrected chi connectivity index (χ0v) is 19.5. The van der Waals surface area contributed by atoms with Crippen LogP contribution >= 0.6 is 27.3 Å². The number of carbonyl (C=O) groups is 2. The molecule has 1 fully saturated rings. The predicted octanol–water partition coefficient (Wildman–Crippen LogP) is 4.80. The van der Waals surface area contributed by atoms with Crippen molar-refractivity contribution >= 4 is 55.5 Å². The number of anilines is 1. The number of pyridine rings is 1. The minimum absolute atomic E-state index is 0.00307. The molecular formula is C23H17BrN4O3S. The summed E-state index contributed by atoms with van der Waals surface area (Å²) in [6.07, 6.45) is 3.43. The van der Waals surface area contributed by atoms with Gasteiger partial charge in [0, 0.05) is 22.2 Å². The molecule has 0 spiro atoms. The van der Waals surface area contributed by atoms with Crippen molar-refractivity contribution in [3.8, 4) is 0 Å². The minimum atomic E-state index is -0.820. The number of Topliss-reactive ketones (excluding diaryl/α,β-unsaturated/α-hetero) is 1. The van der Waals surface area contributed by atoms with Crippen molar-refractivity contribution in [1.82, 2.24) is 14.4 Å². The number of aryl methyl sites for hydroxylation is 2. The molecule has 1 aliphatic heterocycles. The summed E-state index contributed by atoms with van der Waals surface area (Å²) in [5.74, 6) is -1.79. The predicted molar refractivity (Wildman–Crippen MR) is 126 cm³/mol. The van der Waals surface area contributed by atoms with Crippen molar-refractivity contribution in [2.24, 2.45) is 0 Å². The maximum Gasteiger partial charge on any atom is 0.301 e. The van der Waals surface area contributed by atoms with Gasteiger partial charge in [-0.05, 0) is 43.2 Å². The Balaban J connectivity index is 1.77. The van der Waals surface area contributed by atoms with Crippen molar-refractivity contribution in [2.75, 3.05) is 4.90 Å². The molecule has 1 aromatic carbocycles. The van der Waals surface area contributed by atoms with E-state index in [4.69, 9.17) is 0 Å². The summed E-state index contributed by atoms with van der Waals surface area (Å²) < 4.78 is 2.72. The molecule has 1 saturated heterocycles. The number of halogens is 1. The molecule has 3 aromatic heterocycles. The number of thiazole rings is 1. The van der Waals surface area contributed by atoms with E-state index in [1.807, 2.05) is 60.8 Å². The number of benzene rings is 1. The van der Waals surface area contributed by atoms with E-state index < -0.39 is 17.7 Å². The lowest BCUT2D eigenvalue weighted by molar-refractivity contribution is -0.132. The van der Waals surface area contributed by atoms with E-state index in [1.165, 1.54) is 16.2 Å². The molecule has 32 heavy (non-hydrogen) atoms. The number of hydrogen-bond donors (Lipinski definition) is 1. The molecule has 1 aliphatic rings. The molecule has 1 N–H and O–H groups in total. The van der Waals surface area contributed by atoms with Crippen LogP contribution in [0.3, 0.4) is 0 Å². The molecule has 4 heterocycles. The Hall–Kier alpha value is -3.30. The molecule has 1 atom stereocenters. The number of fused-ring (bicyclic) bond motifs is 1. The first-order chi connectivity index (χ1) is 15.4. The number of ketones is 1. The summed E-state index contributed by atoms with van der Waals surface area (Å²) in [5, 5.41) is 13.5. The highest BCUT2D eigenvalue weighted by Gasteiger charge is 2.48. The van der Waals surface area contributed by atoms with Gasteiger partial charge in [-0.1, -0.05) is 34.1 Å². The molecule has 9 heteroatoms. The number of nitrogens with zero attached hydrogens (tertiary/aromatic N) is 4. The van der Waals surface area contributed by atoms with Crippen LogP contribution in [0, 0.1) is 13.8 Å². The monoisotopic (exact) mass is 508 g/mol. The largest absolute Gasteiger partial charge is 0.505 e. The number of amides is 1. The van der Waals surface area contributed by atoms with Gasteiger partial charge in [0.2, 0.25) is 0 Å². The lowest BCUT2D eigenvalue weighted by atomic mass is 9.96. The molecule has 0 saturated carbocycles. The van der Waals surface area contributed by atoms with Crippen LogP contribution in [0.5, 0.6) is 0 Å². The van der Waals surface area contributed by atoms with E-state index in [1.54, 1.807) is 11.6 Å². The van der Waals surface area contributed by atoms with E-state index in [-0.39, 0.29) is 17.0 Å². The van der Waals surface area contributed by atoms with Gasteiger partial charge in [0.25, 0.3) is 5.78 Å². The fourth-order valence-electron chi connectivity index (χ4n) is 4.00. The third-order valence-electron chi connectivity index (χ3n) is 5.56. The first-order valence-corrected chi connectivity index (χ1v) is 11.5. The first-order valence-electron chi connectivity index (χ1n) is 9.79. The second kappa shape index (κ2) is 7.68. The van der Waals surface area contributed by atoms with Gasteiger partial charge in [-0.15, -0.1) is 11.3 Å². The molecular weight excluding hydrogens is 492 g/mol. The number of imidazole rings is 1. The number of rotatable bonds is 3. The van der Waals surface area contributed by atoms with Gasteiger partial charge in [0.05, 0.1) is 17.3 Å². The van der Waals surface area contributed by atoms with Crippen molar-refractivity contribution in [3.63, 3.8) is 0 Å². The zero-order chi connectivity index (χ0) is 22.6. The molecule has 0 aliphatic carbocycles. The van der Waals surface area contributed by atoms with Gasteiger partial charge in [0.1, 0.15) is 11.3 Å². The Bertz CT molecular complexity index is 1410. The van der Waals surface area contributed by atoms with Crippen LogP contribution in [-0.4, -0.2) is 31.2 Å². The van der Waals surface area contributed by atoms with E-state index in [0.717, 1.165) is 10.0 Å². The molecule has 1 amide bonds. The summed E-state index contributed by atoms with van der Waals surface area (Å²) in [6.45, 7) is 3.74. The Morgan fingerprint density at radius 2 is 1.91 bits per heavy atom. The molecule has 160 valence electrons. The van der Waals surface area contributed by atoms with Gasteiger partial charge in [0.15, 0.2) is 10.9 Å². The van der Waals surface area contributed by atoms with Crippen LogP contribution in [0.25, 0.3) is 11.4 Å². The van der Waals surface area contributed by atoms with Crippen molar-refractivity contribution in [1.29, 1.82) is 0 Å². The van der Waals surface area contributed by atoms with Crippen LogP contribution in [0.1, 0.15) is 28.6 Å². The minimum Gasteiger partial charge on any atom is -0.505 e. The third-order valence-corrected chi connectivity index (χ3v) is 6.86. The van der Waals surface area contributed by atoms with E-state index in [0.29, 0.717) is 22.0 Å². The van der Waals surface area contributed by atoms with Gasteiger partial charge < -0.3 is 9.51 Å². The molecule has 5 rings (SSSR count). The number of hydrogen-bond acceptors (Lipinski definition) is 6. The maximum absolute atomic E-state index is 13.2. The van der Waals surface area contributed by atoms with E-state index in [2.05, 4.69) is 25.9 Å². The lowest BCUT2D eigenvalue weighted by Gasteiger charge is -2.22. The molecule has 1 unspecified atom stereocenters. The van der Waals surface area contributed by atoms with Crippen LogP contribution in [-0.2, 0) is 9.59 Å². The first kappa shape index (κ1) is 20.6. The van der Waals surface area contributed by atoms with Crippen LogP contribution in [0.4, 0.5) is 5.13 Å². The average Bonchev–Trinajstić information content (AvgIpc) is 3.48. The summed E-state index contributed by atoms with van der Waals surface area (Å²) in [6, 6.07) is 10.3. The van der Waals surface area contributed by atoms with Crippen LogP contribution in [0.2, 0.25) is 0 Å². The maximum atomic E-state index is 13.2. The standard InChI is InChI=1S/C23H17BrN4O3S/c1-12-4-3-10-27-13(2)17(26-21(12)27)19(29)16-18(14-5-7-15(24)8-6-14)28(22(31)20(16)30)23-25-9-11-32-23/h3-11,18,29H,1-2H3. The van der Waals surface area contributed by atoms with Gasteiger partial charge in [-0.3, -0.25) is 14.5 Å². The lowest BCUT2D eigenvalue weighted by Crippen LogP contribution is -2.29. The Kier molecular flexibility index (Phi) is 4.94. The summed E-state index contributed by atoms with van der Waals surface area (Å²) in [7, 11) is 0. The van der Waals surface area contributed by atoms with Gasteiger partial charge in [-0.2, -0.15) is 0 Å². The number of carbonyl (C=O) groups excluding carboxylic acids is 2. The molecule has 0 radical (unpaired) electrons.